The number of urea groups is 1. The lowest BCUT2D eigenvalue weighted by atomic mass is 9.73. The van der Waals surface area contributed by atoms with Crippen LogP contribution in [0.15, 0.2) is 29.2 Å². The standard InChI is InChI=1S/C17H22N2O2S/c1-12-5-3-4-10-17(12)15(20)19(16(21)18-17)11-13-6-8-14(22-2)9-7-13/h6-9,12H,3-5,10-11H2,1-2H3,(H,18,21). The van der Waals surface area contributed by atoms with Crippen LogP contribution in [-0.4, -0.2) is 28.6 Å². The lowest BCUT2D eigenvalue weighted by Gasteiger charge is -2.36. The van der Waals surface area contributed by atoms with Crippen molar-refractivity contribution in [1.82, 2.24) is 10.2 Å². The minimum absolute atomic E-state index is 0.0429. The van der Waals surface area contributed by atoms with Gasteiger partial charge in [0.05, 0.1) is 6.54 Å². The van der Waals surface area contributed by atoms with Crippen LogP contribution in [0.3, 0.4) is 0 Å². The van der Waals surface area contributed by atoms with E-state index in [1.54, 1.807) is 11.8 Å². The number of nitrogens with one attached hydrogen (secondary N) is 1. The molecule has 1 spiro atoms. The summed E-state index contributed by atoms with van der Waals surface area (Å²) in [6.07, 6.45) is 5.94. The summed E-state index contributed by atoms with van der Waals surface area (Å²) in [5.41, 5.74) is 0.330. The highest BCUT2D eigenvalue weighted by Gasteiger charge is 2.54. The van der Waals surface area contributed by atoms with Crippen LogP contribution in [0, 0.1) is 5.92 Å². The molecule has 1 heterocycles. The van der Waals surface area contributed by atoms with Gasteiger partial charge in [0.25, 0.3) is 5.91 Å². The van der Waals surface area contributed by atoms with Crippen molar-refractivity contribution in [2.24, 2.45) is 5.92 Å². The number of rotatable bonds is 3. The molecule has 1 N–H and O–H groups in total. The van der Waals surface area contributed by atoms with E-state index in [2.05, 4.69) is 12.2 Å². The maximum absolute atomic E-state index is 12.9. The van der Waals surface area contributed by atoms with E-state index in [1.807, 2.05) is 30.5 Å². The summed E-state index contributed by atoms with van der Waals surface area (Å²) < 4.78 is 0. The fraction of sp³-hybridized carbons (Fsp3) is 0.529. The maximum atomic E-state index is 12.9. The van der Waals surface area contributed by atoms with Gasteiger partial charge in [0.15, 0.2) is 0 Å². The third kappa shape index (κ3) is 2.51. The van der Waals surface area contributed by atoms with Gasteiger partial charge in [-0.3, -0.25) is 9.69 Å². The summed E-state index contributed by atoms with van der Waals surface area (Å²) in [6, 6.07) is 7.78. The van der Waals surface area contributed by atoms with E-state index in [1.165, 1.54) is 9.80 Å². The van der Waals surface area contributed by atoms with Gasteiger partial charge in [0, 0.05) is 4.90 Å². The van der Waals surface area contributed by atoms with Crippen LogP contribution >= 0.6 is 11.8 Å². The number of nitrogens with zero attached hydrogens (tertiary/aromatic N) is 1. The maximum Gasteiger partial charge on any atom is 0.325 e. The molecule has 22 heavy (non-hydrogen) atoms. The predicted molar refractivity (Wildman–Crippen MR) is 87.7 cm³/mol. The van der Waals surface area contributed by atoms with Gasteiger partial charge < -0.3 is 5.32 Å². The molecule has 1 aliphatic carbocycles. The molecule has 2 aliphatic rings. The number of carbonyl (C=O) groups is 2. The molecule has 0 radical (unpaired) electrons. The summed E-state index contributed by atoms with van der Waals surface area (Å²) in [7, 11) is 0. The van der Waals surface area contributed by atoms with Crippen LogP contribution in [0.5, 0.6) is 0 Å². The lowest BCUT2D eigenvalue weighted by molar-refractivity contribution is -0.134. The molecule has 1 aromatic rings. The second-order valence-electron chi connectivity index (χ2n) is 6.29. The van der Waals surface area contributed by atoms with E-state index in [4.69, 9.17) is 0 Å². The first-order chi connectivity index (χ1) is 10.6. The summed E-state index contributed by atoms with van der Waals surface area (Å²) in [5.74, 6) is 0.167. The van der Waals surface area contributed by atoms with E-state index < -0.39 is 5.54 Å². The van der Waals surface area contributed by atoms with Crippen molar-refractivity contribution < 1.29 is 9.59 Å². The Hall–Kier alpha value is -1.49. The van der Waals surface area contributed by atoms with E-state index in [-0.39, 0.29) is 17.9 Å². The molecule has 3 rings (SSSR count). The molecule has 1 aliphatic heterocycles. The SMILES string of the molecule is CSc1ccc(CN2C(=O)NC3(CCCCC3C)C2=O)cc1. The predicted octanol–water partition coefficient (Wildman–Crippen LogP) is 3.41. The number of thioether (sulfide) groups is 1. The molecular formula is C17H22N2O2S. The van der Waals surface area contributed by atoms with Gasteiger partial charge >= 0.3 is 6.03 Å². The van der Waals surface area contributed by atoms with Crippen LogP contribution < -0.4 is 5.32 Å². The molecule has 5 heteroatoms. The zero-order valence-corrected chi connectivity index (χ0v) is 13.9. The zero-order chi connectivity index (χ0) is 15.7. The van der Waals surface area contributed by atoms with Crippen molar-refractivity contribution in [2.75, 3.05) is 6.26 Å². The smallest absolute Gasteiger partial charge is 0.323 e. The Morgan fingerprint density at radius 2 is 2.00 bits per heavy atom. The van der Waals surface area contributed by atoms with Gasteiger partial charge in [-0.2, -0.15) is 0 Å². The second kappa shape index (κ2) is 5.95. The Kier molecular flexibility index (Phi) is 4.17. The van der Waals surface area contributed by atoms with Crippen LogP contribution in [0.1, 0.15) is 38.2 Å². The monoisotopic (exact) mass is 318 g/mol. The number of hydrogen-bond donors (Lipinski definition) is 1. The average molecular weight is 318 g/mol. The van der Waals surface area contributed by atoms with Gasteiger partial charge in [0.1, 0.15) is 5.54 Å². The minimum Gasteiger partial charge on any atom is -0.323 e. The molecule has 118 valence electrons. The fourth-order valence-electron chi connectivity index (χ4n) is 3.55. The lowest BCUT2D eigenvalue weighted by Crippen LogP contribution is -2.53. The van der Waals surface area contributed by atoms with E-state index in [0.29, 0.717) is 6.54 Å². The first-order valence-electron chi connectivity index (χ1n) is 7.84. The van der Waals surface area contributed by atoms with Crippen LogP contribution in [0.4, 0.5) is 4.79 Å². The fourth-order valence-corrected chi connectivity index (χ4v) is 3.96. The third-order valence-corrected chi connectivity index (χ3v) is 5.74. The molecule has 0 aromatic heterocycles. The Morgan fingerprint density at radius 3 is 2.64 bits per heavy atom. The minimum atomic E-state index is -0.658. The highest BCUT2D eigenvalue weighted by atomic mass is 32.2. The summed E-state index contributed by atoms with van der Waals surface area (Å²) >= 11 is 1.68. The van der Waals surface area contributed by atoms with Crippen molar-refractivity contribution >= 4 is 23.7 Å². The van der Waals surface area contributed by atoms with Gasteiger partial charge in [-0.25, -0.2) is 4.79 Å². The quantitative estimate of drug-likeness (QED) is 0.686. The second-order valence-corrected chi connectivity index (χ2v) is 7.17. The Balaban J connectivity index is 1.79. The molecule has 2 fully saturated rings. The Labute approximate surface area is 135 Å². The molecule has 2 atom stereocenters. The van der Waals surface area contributed by atoms with Gasteiger partial charge in [-0.1, -0.05) is 31.9 Å². The van der Waals surface area contributed by atoms with E-state index in [0.717, 1.165) is 31.2 Å². The van der Waals surface area contributed by atoms with Crippen molar-refractivity contribution in [3.8, 4) is 0 Å². The van der Waals surface area contributed by atoms with Crippen LogP contribution in [-0.2, 0) is 11.3 Å². The number of imide groups is 1. The third-order valence-electron chi connectivity index (χ3n) is 5.00. The molecule has 4 nitrogen and oxygen atoms in total. The van der Waals surface area contributed by atoms with Gasteiger partial charge in [-0.05, 0) is 42.7 Å². The van der Waals surface area contributed by atoms with Crippen LogP contribution in [0.2, 0.25) is 0 Å². The van der Waals surface area contributed by atoms with Crippen LogP contribution in [0.25, 0.3) is 0 Å². The molecule has 1 saturated heterocycles. The molecule has 0 bridgehead atoms. The van der Waals surface area contributed by atoms with Crippen molar-refractivity contribution in [3.05, 3.63) is 29.8 Å². The molecule has 1 saturated carbocycles. The van der Waals surface area contributed by atoms with Crippen molar-refractivity contribution in [2.45, 2.75) is 49.6 Å². The number of hydrogen-bond acceptors (Lipinski definition) is 3. The van der Waals surface area contributed by atoms with Crippen molar-refractivity contribution in [3.63, 3.8) is 0 Å². The highest BCUT2D eigenvalue weighted by Crippen LogP contribution is 2.38. The largest absolute Gasteiger partial charge is 0.325 e. The number of carbonyl (C=O) groups excluding carboxylic acids is 2. The van der Waals surface area contributed by atoms with Crippen molar-refractivity contribution in [1.29, 1.82) is 0 Å². The van der Waals surface area contributed by atoms with E-state index >= 15 is 0 Å². The molecular weight excluding hydrogens is 296 g/mol. The molecule has 2 unspecified atom stereocenters. The highest BCUT2D eigenvalue weighted by molar-refractivity contribution is 7.98. The summed E-state index contributed by atoms with van der Waals surface area (Å²) in [5, 5.41) is 2.99. The van der Waals surface area contributed by atoms with Gasteiger partial charge in [-0.15, -0.1) is 11.8 Å². The summed E-state index contributed by atoms with van der Waals surface area (Å²) in [4.78, 5) is 27.8. The van der Waals surface area contributed by atoms with E-state index in [9.17, 15) is 9.59 Å². The topological polar surface area (TPSA) is 49.4 Å². The Morgan fingerprint density at radius 1 is 1.27 bits per heavy atom. The number of amides is 3. The number of benzene rings is 1. The molecule has 1 aromatic carbocycles. The van der Waals surface area contributed by atoms with Gasteiger partial charge in [0.2, 0.25) is 0 Å². The normalized spacial score (nSPS) is 28.3. The molecule has 3 amide bonds. The summed E-state index contributed by atoms with van der Waals surface area (Å²) in [6.45, 7) is 2.43. The Bertz CT molecular complexity index is 587. The average Bonchev–Trinajstić information content (AvgIpc) is 2.76. The first kappa shape index (κ1) is 15.4. The zero-order valence-electron chi connectivity index (χ0n) is 13.1. The first-order valence-corrected chi connectivity index (χ1v) is 9.06.